The summed E-state index contributed by atoms with van der Waals surface area (Å²) in [5.41, 5.74) is 1.90. The average Bonchev–Trinajstić information content (AvgIpc) is 2.44. The Labute approximate surface area is 137 Å². The second-order valence-electron chi connectivity index (χ2n) is 6.30. The fraction of sp³-hybridized carbons (Fsp3) is 0.688. The SMILES string of the molecule is Cc1cc(C)nc(SCC(=O)N2CCN(CC(C)C)CC2)n1. The van der Waals surface area contributed by atoms with Crippen molar-refractivity contribution in [1.29, 1.82) is 0 Å². The van der Waals surface area contributed by atoms with E-state index in [-0.39, 0.29) is 5.91 Å². The van der Waals surface area contributed by atoms with Crippen LogP contribution in [-0.2, 0) is 4.79 Å². The first-order chi connectivity index (χ1) is 10.4. The molecule has 1 fully saturated rings. The van der Waals surface area contributed by atoms with Gasteiger partial charge in [-0.25, -0.2) is 9.97 Å². The van der Waals surface area contributed by atoms with Crippen LogP contribution in [0.5, 0.6) is 0 Å². The molecule has 0 bridgehead atoms. The Morgan fingerprint density at radius 2 is 1.77 bits per heavy atom. The van der Waals surface area contributed by atoms with Gasteiger partial charge >= 0.3 is 0 Å². The van der Waals surface area contributed by atoms with Gasteiger partial charge in [-0.3, -0.25) is 9.69 Å². The van der Waals surface area contributed by atoms with E-state index in [2.05, 4.69) is 28.7 Å². The highest BCUT2D eigenvalue weighted by atomic mass is 32.2. The lowest BCUT2D eigenvalue weighted by Crippen LogP contribution is -2.50. The zero-order chi connectivity index (χ0) is 16.1. The molecule has 122 valence electrons. The lowest BCUT2D eigenvalue weighted by Gasteiger charge is -2.35. The average molecular weight is 322 g/mol. The van der Waals surface area contributed by atoms with Crippen LogP contribution in [0, 0.1) is 19.8 Å². The monoisotopic (exact) mass is 322 g/mol. The third-order valence-electron chi connectivity index (χ3n) is 3.63. The fourth-order valence-corrected chi connectivity index (χ4v) is 3.52. The first kappa shape index (κ1) is 17.2. The van der Waals surface area contributed by atoms with E-state index in [4.69, 9.17) is 0 Å². The molecule has 0 aromatic carbocycles. The molecule has 5 nitrogen and oxygen atoms in total. The molecule has 1 amide bonds. The Hall–Kier alpha value is -1.14. The summed E-state index contributed by atoms with van der Waals surface area (Å²) in [6, 6.07) is 1.94. The third-order valence-corrected chi connectivity index (χ3v) is 4.47. The molecule has 22 heavy (non-hydrogen) atoms. The van der Waals surface area contributed by atoms with Crippen LogP contribution in [0.2, 0.25) is 0 Å². The maximum absolute atomic E-state index is 12.3. The maximum Gasteiger partial charge on any atom is 0.233 e. The van der Waals surface area contributed by atoms with Crippen LogP contribution in [0.1, 0.15) is 25.2 Å². The number of thioether (sulfide) groups is 1. The quantitative estimate of drug-likeness (QED) is 0.613. The van der Waals surface area contributed by atoms with E-state index < -0.39 is 0 Å². The van der Waals surface area contributed by atoms with Gasteiger partial charge in [-0.2, -0.15) is 0 Å². The van der Waals surface area contributed by atoms with Crippen molar-refractivity contribution in [2.24, 2.45) is 5.92 Å². The molecule has 1 aliphatic rings. The van der Waals surface area contributed by atoms with Crippen LogP contribution in [0.25, 0.3) is 0 Å². The van der Waals surface area contributed by atoms with Crippen LogP contribution in [0.15, 0.2) is 11.2 Å². The molecule has 2 rings (SSSR count). The van der Waals surface area contributed by atoms with Crippen LogP contribution in [-0.4, -0.2) is 64.2 Å². The Balaban J connectivity index is 1.78. The van der Waals surface area contributed by atoms with E-state index in [9.17, 15) is 4.79 Å². The van der Waals surface area contributed by atoms with Crippen molar-refractivity contribution in [3.05, 3.63) is 17.5 Å². The second-order valence-corrected chi connectivity index (χ2v) is 7.24. The van der Waals surface area contributed by atoms with E-state index in [0.29, 0.717) is 16.8 Å². The van der Waals surface area contributed by atoms with Crippen molar-refractivity contribution in [3.8, 4) is 0 Å². The van der Waals surface area contributed by atoms with E-state index in [1.165, 1.54) is 11.8 Å². The van der Waals surface area contributed by atoms with Crippen LogP contribution < -0.4 is 0 Å². The summed E-state index contributed by atoms with van der Waals surface area (Å²) in [5, 5.41) is 0.698. The fourth-order valence-electron chi connectivity index (χ4n) is 2.67. The van der Waals surface area contributed by atoms with Crippen LogP contribution in [0.4, 0.5) is 0 Å². The van der Waals surface area contributed by atoms with Gasteiger partial charge in [-0.05, 0) is 25.8 Å². The van der Waals surface area contributed by atoms with E-state index >= 15 is 0 Å². The van der Waals surface area contributed by atoms with E-state index in [1.54, 1.807) is 0 Å². The number of hydrogen-bond acceptors (Lipinski definition) is 5. The maximum atomic E-state index is 12.3. The van der Waals surface area contributed by atoms with Gasteiger partial charge in [-0.15, -0.1) is 0 Å². The molecule has 1 aliphatic heterocycles. The zero-order valence-corrected chi connectivity index (χ0v) is 14.8. The van der Waals surface area contributed by atoms with Gasteiger partial charge in [0, 0.05) is 44.1 Å². The predicted molar refractivity (Wildman–Crippen MR) is 90.1 cm³/mol. The summed E-state index contributed by atoms with van der Waals surface area (Å²) < 4.78 is 0. The number of hydrogen-bond donors (Lipinski definition) is 0. The molecule has 0 saturated carbocycles. The largest absolute Gasteiger partial charge is 0.339 e. The number of rotatable bonds is 5. The van der Waals surface area contributed by atoms with Crippen molar-refractivity contribution < 1.29 is 4.79 Å². The van der Waals surface area contributed by atoms with E-state index in [1.807, 2.05) is 24.8 Å². The summed E-state index contributed by atoms with van der Waals surface area (Å²) in [4.78, 5) is 25.4. The third kappa shape index (κ3) is 5.25. The molecule has 0 N–H and O–H groups in total. The standard InChI is InChI=1S/C16H26N4OS/c1-12(2)10-19-5-7-20(8-6-19)15(21)11-22-16-17-13(3)9-14(4)18-16/h9,12H,5-8,10-11H2,1-4H3. The number of aryl methyl sites for hydroxylation is 2. The first-order valence-corrected chi connectivity index (χ1v) is 8.88. The minimum atomic E-state index is 0.192. The van der Waals surface area contributed by atoms with Gasteiger partial charge < -0.3 is 4.90 Å². The smallest absolute Gasteiger partial charge is 0.233 e. The predicted octanol–water partition coefficient (Wildman–Crippen LogP) is 1.99. The molecule has 0 radical (unpaired) electrons. The van der Waals surface area contributed by atoms with Gasteiger partial charge in [0.1, 0.15) is 0 Å². The number of carbonyl (C=O) groups is 1. The number of nitrogens with zero attached hydrogens (tertiary/aromatic N) is 4. The minimum Gasteiger partial charge on any atom is -0.339 e. The second kappa shape index (κ2) is 7.92. The van der Waals surface area contributed by atoms with Gasteiger partial charge in [0.2, 0.25) is 5.91 Å². The van der Waals surface area contributed by atoms with Gasteiger partial charge in [0.05, 0.1) is 5.75 Å². The Bertz CT molecular complexity index is 493. The molecule has 0 atom stereocenters. The molecule has 0 unspecified atom stereocenters. The molecule has 2 heterocycles. The summed E-state index contributed by atoms with van der Waals surface area (Å²) in [6.07, 6.45) is 0. The number of amides is 1. The molecule has 0 spiro atoms. The number of piperazine rings is 1. The molecular formula is C16H26N4OS. The lowest BCUT2D eigenvalue weighted by atomic mass is 10.2. The lowest BCUT2D eigenvalue weighted by molar-refractivity contribution is -0.130. The zero-order valence-electron chi connectivity index (χ0n) is 14.0. The van der Waals surface area contributed by atoms with Crippen molar-refractivity contribution in [2.45, 2.75) is 32.9 Å². The summed E-state index contributed by atoms with van der Waals surface area (Å²) in [5.74, 6) is 1.30. The van der Waals surface area contributed by atoms with Gasteiger partial charge in [-0.1, -0.05) is 25.6 Å². The number of carbonyl (C=O) groups excluding carboxylic acids is 1. The Morgan fingerprint density at radius 1 is 1.18 bits per heavy atom. The molecule has 1 saturated heterocycles. The topological polar surface area (TPSA) is 49.3 Å². The normalized spacial score (nSPS) is 16.3. The van der Waals surface area contributed by atoms with Gasteiger partial charge in [0.25, 0.3) is 0 Å². The van der Waals surface area contributed by atoms with Crippen molar-refractivity contribution in [1.82, 2.24) is 19.8 Å². The van der Waals surface area contributed by atoms with Crippen molar-refractivity contribution in [2.75, 3.05) is 38.5 Å². The number of aromatic nitrogens is 2. The first-order valence-electron chi connectivity index (χ1n) is 7.89. The summed E-state index contributed by atoms with van der Waals surface area (Å²) in [7, 11) is 0. The highest BCUT2D eigenvalue weighted by Crippen LogP contribution is 2.15. The highest BCUT2D eigenvalue weighted by Gasteiger charge is 2.21. The van der Waals surface area contributed by atoms with Crippen LogP contribution in [0.3, 0.4) is 0 Å². The van der Waals surface area contributed by atoms with Crippen molar-refractivity contribution in [3.63, 3.8) is 0 Å². The Kier molecular flexibility index (Phi) is 6.20. The van der Waals surface area contributed by atoms with E-state index in [0.717, 1.165) is 44.1 Å². The minimum absolute atomic E-state index is 0.192. The molecule has 1 aromatic rings. The molecule has 1 aromatic heterocycles. The molecule has 6 heteroatoms. The highest BCUT2D eigenvalue weighted by molar-refractivity contribution is 7.99. The molecule has 0 aliphatic carbocycles. The Morgan fingerprint density at radius 3 is 2.32 bits per heavy atom. The van der Waals surface area contributed by atoms with Crippen molar-refractivity contribution >= 4 is 17.7 Å². The molecular weight excluding hydrogens is 296 g/mol. The summed E-state index contributed by atoms with van der Waals surface area (Å²) in [6.45, 7) is 13.1. The van der Waals surface area contributed by atoms with Crippen LogP contribution >= 0.6 is 11.8 Å². The summed E-state index contributed by atoms with van der Waals surface area (Å²) >= 11 is 1.43. The van der Waals surface area contributed by atoms with Gasteiger partial charge in [0.15, 0.2) is 5.16 Å².